The van der Waals surface area contributed by atoms with E-state index in [-0.39, 0.29) is 12.4 Å². The quantitative estimate of drug-likeness (QED) is 0.616. The molecule has 22 heavy (non-hydrogen) atoms. The first-order valence-corrected chi connectivity index (χ1v) is 7.22. The second-order valence-electron chi connectivity index (χ2n) is 5.59. The second kappa shape index (κ2) is 7.23. The number of aromatic nitrogens is 3. The average Bonchev–Trinajstić information content (AvgIpc) is 2.89. The van der Waals surface area contributed by atoms with Crippen LogP contribution >= 0.6 is 0 Å². The van der Waals surface area contributed by atoms with Crippen LogP contribution in [0.25, 0.3) is 0 Å². The van der Waals surface area contributed by atoms with E-state index in [0.29, 0.717) is 0 Å². The van der Waals surface area contributed by atoms with Gasteiger partial charge in [0.1, 0.15) is 6.54 Å². The molecule has 0 saturated heterocycles. The molecular formula is C18H20ClN3. The molecule has 114 valence electrons. The fourth-order valence-corrected chi connectivity index (χ4v) is 2.43. The molecular weight excluding hydrogens is 294 g/mol. The zero-order valence-corrected chi connectivity index (χ0v) is 13.7. The first-order chi connectivity index (χ1) is 10.2. The van der Waals surface area contributed by atoms with Gasteiger partial charge in [0.15, 0.2) is 0 Å². The van der Waals surface area contributed by atoms with E-state index < -0.39 is 0 Å². The molecule has 0 atom stereocenters. The molecule has 3 aromatic rings. The Morgan fingerprint density at radius 3 is 2.45 bits per heavy atom. The summed E-state index contributed by atoms with van der Waals surface area (Å²) < 4.78 is 4.09. The lowest BCUT2D eigenvalue weighted by molar-refractivity contribution is -0.689. The van der Waals surface area contributed by atoms with Gasteiger partial charge >= 0.3 is 0 Å². The second-order valence-corrected chi connectivity index (χ2v) is 5.59. The highest BCUT2D eigenvalue weighted by atomic mass is 35.5. The van der Waals surface area contributed by atoms with E-state index in [2.05, 4.69) is 78.4 Å². The normalized spacial score (nSPS) is 10.3. The smallest absolute Gasteiger partial charge is 0.265 e. The molecule has 3 nitrogen and oxygen atoms in total. The van der Waals surface area contributed by atoms with Gasteiger partial charge in [0.2, 0.25) is 6.33 Å². The molecule has 3 rings (SSSR count). The highest BCUT2D eigenvalue weighted by Crippen LogP contribution is 2.05. The molecule has 0 radical (unpaired) electrons. The Kier molecular flexibility index (Phi) is 5.34. The summed E-state index contributed by atoms with van der Waals surface area (Å²) in [6.45, 7) is 5.89. The summed E-state index contributed by atoms with van der Waals surface area (Å²) in [5.41, 5.74) is 5.15. The third-order valence-corrected chi connectivity index (χ3v) is 3.54. The molecule has 2 aromatic carbocycles. The van der Waals surface area contributed by atoms with Crippen molar-refractivity contribution in [3.63, 3.8) is 0 Å². The van der Waals surface area contributed by atoms with Crippen molar-refractivity contribution < 1.29 is 17.0 Å². The zero-order chi connectivity index (χ0) is 14.7. The molecule has 0 aliphatic carbocycles. The van der Waals surface area contributed by atoms with Crippen LogP contribution in [0, 0.1) is 13.8 Å². The van der Waals surface area contributed by atoms with Gasteiger partial charge in [-0.3, -0.25) is 0 Å². The third kappa shape index (κ3) is 4.18. The van der Waals surface area contributed by atoms with Gasteiger partial charge in [-0.05, 0) is 25.0 Å². The molecule has 0 spiro atoms. The minimum Gasteiger partial charge on any atom is -1.00 e. The molecule has 0 bridgehead atoms. The topological polar surface area (TPSA) is 21.7 Å². The first-order valence-electron chi connectivity index (χ1n) is 7.22. The molecule has 0 unspecified atom stereocenters. The predicted molar refractivity (Wildman–Crippen MR) is 83.0 cm³/mol. The van der Waals surface area contributed by atoms with Crippen LogP contribution in [-0.4, -0.2) is 9.78 Å². The van der Waals surface area contributed by atoms with E-state index in [1.54, 1.807) is 0 Å². The zero-order valence-electron chi connectivity index (χ0n) is 12.9. The molecule has 1 heterocycles. The van der Waals surface area contributed by atoms with Gasteiger partial charge in [0.05, 0.1) is 6.54 Å². The maximum Gasteiger partial charge on any atom is 0.265 e. The van der Waals surface area contributed by atoms with Crippen LogP contribution in [0.5, 0.6) is 0 Å². The molecule has 0 amide bonds. The van der Waals surface area contributed by atoms with Gasteiger partial charge in [0, 0.05) is 5.10 Å². The number of benzene rings is 2. The number of nitrogens with zero attached hydrogens (tertiary/aromatic N) is 3. The maximum absolute atomic E-state index is 4.43. The standard InChI is InChI=1S/C18H20N3.ClH/c1-15-6-8-17(9-7-15)12-21-14-20(13-19-21)11-18-5-3-4-16(2)10-18;/h3-10,13-14H,11-12H2,1-2H3;1H/q+1;/p-1. The third-order valence-electron chi connectivity index (χ3n) is 3.54. The van der Waals surface area contributed by atoms with Crippen LogP contribution in [0.4, 0.5) is 0 Å². The SMILES string of the molecule is Cc1ccc(Cn2c[n+](Cc3cccc(C)c3)cn2)cc1.[Cl-]. The van der Waals surface area contributed by atoms with Crippen LogP contribution < -0.4 is 17.0 Å². The Morgan fingerprint density at radius 1 is 0.955 bits per heavy atom. The molecule has 4 heteroatoms. The van der Waals surface area contributed by atoms with Crippen LogP contribution in [0.1, 0.15) is 22.3 Å². The number of hydrogen-bond donors (Lipinski definition) is 0. The van der Waals surface area contributed by atoms with Crippen LogP contribution in [0.15, 0.2) is 61.2 Å². The highest BCUT2D eigenvalue weighted by Gasteiger charge is 2.07. The van der Waals surface area contributed by atoms with E-state index in [1.165, 1.54) is 22.3 Å². The van der Waals surface area contributed by atoms with Crippen molar-refractivity contribution in [1.29, 1.82) is 0 Å². The Hall–Kier alpha value is -2.13. The van der Waals surface area contributed by atoms with Crippen molar-refractivity contribution in [2.45, 2.75) is 26.9 Å². The summed E-state index contributed by atoms with van der Waals surface area (Å²) in [7, 11) is 0. The molecule has 0 saturated carbocycles. The van der Waals surface area contributed by atoms with Crippen molar-refractivity contribution in [3.8, 4) is 0 Å². The van der Waals surface area contributed by atoms with Gasteiger partial charge in [-0.1, -0.05) is 59.7 Å². The van der Waals surface area contributed by atoms with Gasteiger partial charge in [0.25, 0.3) is 6.33 Å². The number of hydrogen-bond acceptors (Lipinski definition) is 1. The van der Waals surface area contributed by atoms with E-state index in [4.69, 9.17) is 0 Å². The fraction of sp³-hybridized carbons (Fsp3) is 0.222. The van der Waals surface area contributed by atoms with Crippen LogP contribution in [0.3, 0.4) is 0 Å². The van der Waals surface area contributed by atoms with E-state index in [0.717, 1.165) is 13.1 Å². The number of halogens is 1. The lowest BCUT2D eigenvalue weighted by Gasteiger charge is -1.99. The monoisotopic (exact) mass is 313 g/mol. The van der Waals surface area contributed by atoms with Crippen molar-refractivity contribution in [1.82, 2.24) is 9.78 Å². The summed E-state index contributed by atoms with van der Waals surface area (Å²) in [4.78, 5) is 0. The molecule has 0 aliphatic rings. The van der Waals surface area contributed by atoms with Gasteiger partial charge < -0.3 is 12.4 Å². The van der Waals surface area contributed by atoms with E-state index in [9.17, 15) is 0 Å². The van der Waals surface area contributed by atoms with Gasteiger partial charge in [-0.25, -0.2) is 4.57 Å². The van der Waals surface area contributed by atoms with Crippen LogP contribution in [0.2, 0.25) is 0 Å². The molecule has 1 aromatic heterocycles. The minimum atomic E-state index is 0. The van der Waals surface area contributed by atoms with E-state index >= 15 is 0 Å². The summed E-state index contributed by atoms with van der Waals surface area (Å²) in [5.74, 6) is 0. The van der Waals surface area contributed by atoms with Crippen molar-refractivity contribution in [2.24, 2.45) is 0 Å². The predicted octanol–water partition coefficient (Wildman–Crippen LogP) is -0.112. The maximum atomic E-state index is 4.43. The summed E-state index contributed by atoms with van der Waals surface area (Å²) in [6, 6.07) is 17.2. The Morgan fingerprint density at radius 2 is 1.73 bits per heavy atom. The Bertz CT molecular complexity index is 732. The molecule has 0 N–H and O–H groups in total. The van der Waals surface area contributed by atoms with Crippen molar-refractivity contribution >= 4 is 0 Å². The van der Waals surface area contributed by atoms with Crippen molar-refractivity contribution in [2.75, 3.05) is 0 Å². The van der Waals surface area contributed by atoms with E-state index in [1.807, 2.05) is 11.0 Å². The van der Waals surface area contributed by atoms with Crippen LogP contribution in [-0.2, 0) is 13.1 Å². The summed E-state index contributed by atoms with van der Waals surface area (Å²) in [5, 5.41) is 4.43. The summed E-state index contributed by atoms with van der Waals surface area (Å²) in [6.07, 6.45) is 3.94. The van der Waals surface area contributed by atoms with Gasteiger partial charge in [-0.15, -0.1) is 4.68 Å². The lowest BCUT2D eigenvalue weighted by Crippen LogP contribution is -3.00. The number of rotatable bonds is 4. The Labute approximate surface area is 137 Å². The summed E-state index contributed by atoms with van der Waals surface area (Å²) >= 11 is 0. The Balaban J connectivity index is 0.00000176. The lowest BCUT2D eigenvalue weighted by atomic mass is 10.1. The highest BCUT2D eigenvalue weighted by molar-refractivity contribution is 5.22. The largest absolute Gasteiger partial charge is 1.00 e. The molecule has 0 aliphatic heterocycles. The minimum absolute atomic E-state index is 0. The average molecular weight is 314 g/mol. The number of aryl methyl sites for hydroxylation is 2. The fourth-order valence-electron chi connectivity index (χ4n) is 2.43. The van der Waals surface area contributed by atoms with Gasteiger partial charge in [-0.2, -0.15) is 0 Å². The molecule has 0 fully saturated rings. The van der Waals surface area contributed by atoms with Crippen molar-refractivity contribution in [3.05, 3.63) is 83.4 Å². The first kappa shape index (κ1) is 16.2.